The average Bonchev–Trinajstić information content (AvgIpc) is 3.03. The maximum Gasteiger partial charge on any atom is 0.450 e. The van der Waals surface area contributed by atoms with E-state index in [4.69, 9.17) is 0 Å². The molecule has 0 aliphatic heterocycles. The zero-order chi connectivity index (χ0) is 15.9. The Balaban J connectivity index is 1.91. The lowest BCUT2D eigenvalue weighted by atomic mass is 10.2. The maximum absolute atomic E-state index is 12.8. The van der Waals surface area contributed by atoms with Gasteiger partial charge in [-0.25, -0.2) is 0 Å². The van der Waals surface area contributed by atoms with Gasteiger partial charge in [-0.15, -0.1) is 0 Å². The van der Waals surface area contributed by atoms with E-state index in [9.17, 15) is 18.0 Å². The summed E-state index contributed by atoms with van der Waals surface area (Å²) >= 11 is 1.01. The number of hydrogen-bond acceptors (Lipinski definition) is 5. The third kappa shape index (κ3) is 2.67. The van der Waals surface area contributed by atoms with E-state index in [1.807, 2.05) is 0 Å². The molecule has 0 unspecified atom stereocenters. The predicted molar refractivity (Wildman–Crippen MR) is 73.8 cm³/mol. The van der Waals surface area contributed by atoms with Gasteiger partial charge in [0.25, 0.3) is 5.91 Å². The molecule has 2 heterocycles. The van der Waals surface area contributed by atoms with Crippen LogP contribution in [0.25, 0.3) is 11.0 Å². The highest BCUT2D eigenvalue weighted by Crippen LogP contribution is 2.34. The Hall–Kier alpha value is -2.42. The van der Waals surface area contributed by atoms with E-state index in [1.165, 1.54) is 13.0 Å². The monoisotopic (exact) mass is 327 g/mol. The largest absolute Gasteiger partial charge is 0.456 e. The van der Waals surface area contributed by atoms with Crippen molar-refractivity contribution in [1.82, 2.24) is 8.75 Å². The average molecular weight is 327 g/mol. The first kappa shape index (κ1) is 14.5. The second-order valence-electron chi connectivity index (χ2n) is 4.52. The first-order chi connectivity index (χ1) is 10.3. The number of halogens is 3. The summed E-state index contributed by atoms with van der Waals surface area (Å²) in [6.07, 6.45) is -4.73. The van der Waals surface area contributed by atoms with Gasteiger partial charge in [-0.1, -0.05) is 0 Å². The molecule has 0 radical (unpaired) electrons. The molecule has 0 fully saturated rings. The van der Waals surface area contributed by atoms with Crippen LogP contribution in [-0.2, 0) is 6.18 Å². The standard InChI is InChI=1S/C13H8F3N3O2S/c1-6-4-8(11(21-6)13(14,15)16)12(20)17-7-2-3-9-10(5-7)19-22-18-9/h2-5H,1H3,(H,17,20). The van der Waals surface area contributed by atoms with Crippen LogP contribution >= 0.6 is 11.7 Å². The zero-order valence-electron chi connectivity index (χ0n) is 11.1. The van der Waals surface area contributed by atoms with E-state index in [2.05, 4.69) is 18.5 Å². The molecule has 3 rings (SSSR count). The number of nitrogens with one attached hydrogen (secondary N) is 1. The van der Waals surface area contributed by atoms with Crippen LogP contribution in [0, 0.1) is 6.92 Å². The fourth-order valence-corrected chi connectivity index (χ4v) is 2.47. The molecule has 2 aromatic heterocycles. The molecular formula is C13H8F3N3O2S. The van der Waals surface area contributed by atoms with E-state index in [0.29, 0.717) is 16.7 Å². The number of rotatable bonds is 2. The molecule has 0 aliphatic carbocycles. The van der Waals surface area contributed by atoms with Gasteiger partial charge in [0.15, 0.2) is 0 Å². The summed E-state index contributed by atoms with van der Waals surface area (Å²) in [4.78, 5) is 12.1. The Morgan fingerprint density at radius 3 is 2.68 bits per heavy atom. The maximum atomic E-state index is 12.8. The van der Waals surface area contributed by atoms with Crippen LogP contribution in [0.1, 0.15) is 21.9 Å². The fraction of sp³-hybridized carbons (Fsp3) is 0.154. The van der Waals surface area contributed by atoms with Gasteiger partial charge in [-0.3, -0.25) is 4.79 Å². The van der Waals surface area contributed by atoms with Crippen LogP contribution in [0.2, 0.25) is 0 Å². The number of anilines is 1. The zero-order valence-corrected chi connectivity index (χ0v) is 11.9. The summed E-state index contributed by atoms with van der Waals surface area (Å²) in [5, 5.41) is 2.40. The van der Waals surface area contributed by atoms with E-state index in [1.54, 1.807) is 12.1 Å². The van der Waals surface area contributed by atoms with Gasteiger partial charge in [0.05, 0.1) is 17.3 Å². The summed E-state index contributed by atoms with van der Waals surface area (Å²) in [5.41, 5.74) is 0.985. The normalized spacial score (nSPS) is 11.8. The lowest BCUT2D eigenvalue weighted by molar-refractivity contribution is -0.153. The first-order valence-electron chi connectivity index (χ1n) is 6.06. The van der Waals surface area contributed by atoms with Crippen LogP contribution in [0.15, 0.2) is 28.7 Å². The van der Waals surface area contributed by atoms with E-state index < -0.39 is 23.4 Å². The van der Waals surface area contributed by atoms with Crippen LogP contribution < -0.4 is 5.32 Å². The third-order valence-corrected chi connectivity index (χ3v) is 3.43. The van der Waals surface area contributed by atoms with Crippen molar-refractivity contribution in [2.24, 2.45) is 0 Å². The number of hydrogen-bond donors (Lipinski definition) is 1. The highest BCUT2D eigenvalue weighted by molar-refractivity contribution is 7.00. The summed E-state index contributed by atoms with van der Waals surface area (Å²) in [6.45, 7) is 1.35. The smallest absolute Gasteiger partial charge is 0.450 e. The SMILES string of the molecule is Cc1cc(C(=O)Nc2ccc3nsnc3c2)c(C(F)(F)F)o1. The molecular weight excluding hydrogens is 319 g/mol. The van der Waals surface area contributed by atoms with Crippen molar-refractivity contribution < 1.29 is 22.4 Å². The number of furan rings is 1. The lowest BCUT2D eigenvalue weighted by Gasteiger charge is -2.07. The number of fused-ring (bicyclic) bond motifs is 1. The molecule has 1 amide bonds. The third-order valence-electron chi connectivity index (χ3n) is 2.87. The van der Waals surface area contributed by atoms with Crippen molar-refractivity contribution in [1.29, 1.82) is 0 Å². The quantitative estimate of drug-likeness (QED) is 0.776. The fourth-order valence-electron chi connectivity index (χ4n) is 1.95. The lowest BCUT2D eigenvalue weighted by Crippen LogP contribution is -2.16. The number of carbonyl (C=O) groups is 1. The number of benzene rings is 1. The Morgan fingerprint density at radius 2 is 1.95 bits per heavy atom. The van der Waals surface area contributed by atoms with Crippen LogP contribution in [0.5, 0.6) is 0 Å². The molecule has 1 N–H and O–H groups in total. The molecule has 0 aliphatic rings. The van der Waals surface area contributed by atoms with Gasteiger partial charge in [-0.05, 0) is 31.2 Å². The van der Waals surface area contributed by atoms with Crippen molar-refractivity contribution in [3.05, 3.63) is 41.3 Å². The topological polar surface area (TPSA) is 68.0 Å². The molecule has 0 bridgehead atoms. The van der Waals surface area contributed by atoms with E-state index >= 15 is 0 Å². The summed E-state index contributed by atoms with van der Waals surface area (Å²) in [5.74, 6) is -2.19. The van der Waals surface area contributed by atoms with Crippen LogP contribution in [-0.4, -0.2) is 14.7 Å². The molecule has 0 spiro atoms. The molecule has 0 saturated heterocycles. The van der Waals surface area contributed by atoms with E-state index in [0.717, 1.165) is 17.8 Å². The summed E-state index contributed by atoms with van der Waals surface area (Å²) in [7, 11) is 0. The summed E-state index contributed by atoms with van der Waals surface area (Å²) in [6, 6.07) is 5.76. The molecule has 22 heavy (non-hydrogen) atoms. The van der Waals surface area contributed by atoms with Crippen molar-refractivity contribution >= 4 is 34.4 Å². The van der Waals surface area contributed by atoms with Gasteiger partial charge >= 0.3 is 6.18 Å². The van der Waals surface area contributed by atoms with Gasteiger partial charge in [0.1, 0.15) is 16.8 Å². The van der Waals surface area contributed by atoms with Crippen molar-refractivity contribution in [3.63, 3.8) is 0 Å². The Labute approximate surface area is 126 Å². The Kier molecular flexibility index (Phi) is 3.36. The van der Waals surface area contributed by atoms with Gasteiger partial charge in [0, 0.05) is 5.69 Å². The van der Waals surface area contributed by atoms with Gasteiger partial charge in [0.2, 0.25) is 5.76 Å². The molecule has 3 aromatic rings. The second-order valence-corrected chi connectivity index (χ2v) is 5.05. The molecule has 9 heteroatoms. The minimum Gasteiger partial charge on any atom is -0.456 e. The highest BCUT2D eigenvalue weighted by atomic mass is 32.1. The molecule has 114 valence electrons. The number of carbonyl (C=O) groups excluding carboxylic acids is 1. The number of nitrogens with zero attached hydrogens (tertiary/aromatic N) is 2. The van der Waals surface area contributed by atoms with Gasteiger partial charge < -0.3 is 9.73 Å². The van der Waals surface area contributed by atoms with E-state index in [-0.39, 0.29) is 5.76 Å². The minimum absolute atomic E-state index is 0.0108. The minimum atomic E-state index is -4.73. The number of aryl methyl sites for hydroxylation is 1. The molecule has 0 saturated carbocycles. The highest BCUT2D eigenvalue weighted by Gasteiger charge is 2.40. The number of aromatic nitrogens is 2. The van der Waals surface area contributed by atoms with Crippen LogP contribution in [0.4, 0.5) is 18.9 Å². The van der Waals surface area contributed by atoms with Crippen molar-refractivity contribution in [2.45, 2.75) is 13.1 Å². The molecule has 5 nitrogen and oxygen atoms in total. The Bertz CT molecular complexity index is 854. The second kappa shape index (κ2) is 5.09. The predicted octanol–water partition coefficient (Wildman–Crippen LogP) is 3.86. The molecule has 0 atom stereocenters. The van der Waals surface area contributed by atoms with Gasteiger partial charge in [-0.2, -0.15) is 21.9 Å². The van der Waals surface area contributed by atoms with Crippen molar-refractivity contribution in [2.75, 3.05) is 5.32 Å². The first-order valence-corrected chi connectivity index (χ1v) is 6.79. The Morgan fingerprint density at radius 1 is 1.23 bits per heavy atom. The number of amides is 1. The van der Waals surface area contributed by atoms with Crippen molar-refractivity contribution in [3.8, 4) is 0 Å². The van der Waals surface area contributed by atoms with Crippen LogP contribution in [0.3, 0.4) is 0 Å². The summed E-state index contributed by atoms with van der Waals surface area (Å²) < 4.78 is 51.1. The number of alkyl halides is 3. The molecule has 1 aromatic carbocycles.